The van der Waals surface area contributed by atoms with Crippen LogP contribution in [0.3, 0.4) is 0 Å². The fourth-order valence-corrected chi connectivity index (χ4v) is 2.65. The zero-order chi connectivity index (χ0) is 20.6. The molecule has 0 bridgehead atoms. The van der Waals surface area contributed by atoms with Gasteiger partial charge in [0.25, 0.3) is 0 Å². The third-order valence-electron chi connectivity index (χ3n) is 4.10. The number of nitrogens with zero attached hydrogens (tertiary/aromatic N) is 3. The number of nitrogens with one attached hydrogen (secondary N) is 1. The van der Waals surface area contributed by atoms with Crippen molar-refractivity contribution < 1.29 is 18.8 Å². The van der Waals surface area contributed by atoms with Crippen molar-refractivity contribution in [2.45, 2.75) is 39.5 Å². The SMILES string of the molecule is CCCc1noc(CCC(=O)Nc2ccc(Oc3ccc(C)cc3OC)nc2)n1. The van der Waals surface area contributed by atoms with Gasteiger partial charge in [0, 0.05) is 25.3 Å². The molecule has 0 aliphatic carbocycles. The Hall–Kier alpha value is -3.42. The first-order valence-electron chi connectivity index (χ1n) is 9.47. The number of ether oxygens (including phenoxy) is 2. The van der Waals surface area contributed by atoms with Crippen LogP contribution < -0.4 is 14.8 Å². The molecule has 0 aliphatic heterocycles. The van der Waals surface area contributed by atoms with Crippen molar-refractivity contribution >= 4 is 11.6 Å². The maximum Gasteiger partial charge on any atom is 0.227 e. The van der Waals surface area contributed by atoms with E-state index in [2.05, 4.69) is 20.4 Å². The van der Waals surface area contributed by atoms with Crippen molar-refractivity contribution in [1.82, 2.24) is 15.1 Å². The standard InChI is InChI=1S/C21H24N4O4/c1-4-5-18-24-21(29-25-18)11-9-19(26)23-15-7-10-20(22-13-15)28-16-8-6-14(2)12-17(16)27-3/h6-8,10,12-13H,4-5,9,11H2,1-3H3,(H,23,26). The summed E-state index contributed by atoms with van der Waals surface area (Å²) in [4.78, 5) is 20.6. The molecule has 3 rings (SSSR count). The third-order valence-corrected chi connectivity index (χ3v) is 4.10. The van der Waals surface area contributed by atoms with E-state index in [1.807, 2.05) is 32.0 Å². The van der Waals surface area contributed by atoms with Crippen molar-refractivity contribution in [3.63, 3.8) is 0 Å². The summed E-state index contributed by atoms with van der Waals surface area (Å²) < 4.78 is 16.2. The van der Waals surface area contributed by atoms with Gasteiger partial charge in [0.1, 0.15) is 0 Å². The average molecular weight is 396 g/mol. The molecule has 0 aliphatic rings. The quantitative estimate of drug-likeness (QED) is 0.581. The number of aryl methyl sites for hydroxylation is 3. The van der Waals surface area contributed by atoms with Gasteiger partial charge in [-0.25, -0.2) is 4.98 Å². The van der Waals surface area contributed by atoms with Crippen molar-refractivity contribution in [1.29, 1.82) is 0 Å². The molecule has 0 saturated carbocycles. The van der Waals surface area contributed by atoms with Gasteiger partial charge in [0.05, 0.1) is 19.0 Å². The molecule has 2 heterocycles. The lowest BCUT2D eigenvalue weighted by molar-refractivity contribution is -0.116. The summed E-state index contributed by atoms with van der Waals surface area (Å²) in [5, 5.41) is 6.67. The first-order valence-corrected chi connectivity index (χ1v) is 9.47. The lowest BCUT2D eigenvalue weighted by Crippen LogP contribution is -2.12. The first kappa shape index (κ1) is 20.3. The highest BCUT2D eigenvalue weighted by molar-refractivity contribution is 5.90. The highest BCUT2D eigenvalue weighted by atomic mass is 16.5. The monoisotopic (exact) mass is 396 g/mol. The molecule has 3 aromatic rings. The molecular weight excluding hydrogens is 372 g/mol. The second-order valence-corrected chi connectivity index (χ2v) is 6.54. The molecule has 0 radical (unpaired) electrons. The number of amides is 1. The van der Waals surface area contributed by atoms with Crippen molar-refractivity contribution in [2.75, 3.05) is 12.4 Å². The maximum atomic E-state index is 12.1. The molecule has 1 amide bonds. The Labute approximate surface area is 169 Å². The fourth-order valence-electron chi connectivity index (χ4n) is 2.65. The maximum absolute atomic E-state index is 12.1. The van der Waals surface area contributed by atoms with Crippen LogP contribution in [0, 0.1) is 6.92 Å². The van der Waals surface area contributed by atoms with Gasteiger partial charge >= 0.3 is 0 Å². The van der Waals surface area contributed by atoms with Gasteiger partial charge in [-0.3, -0.25) is 4.79 Å². The Morgan fingerprint density at radius 2 is 2.03 bits per heavy atom. The van der Waals surface area contributed by atoms with E-state index in [9.17, 15) is 4.79 Å². The van der Waals surface area contributed by atoms with Gasteiger partial charge in [-0.15, -0.1) is 0 Å². The van der Waals surface area contributed by atoms with Crippen LogP contribution in [-0.4, -0.2) is 28.1 Å². The van der Waals surface area contributed by atoms with Crippen LogP contribution in [0.5, 0.6) is 17.4 Å². The minimum absolute atomic E-state index is 0.157. The van der Waals surface area contributed by atoms with Gasteiger partial charge in [-0.2, -0.15) is 4.98 Å². The van der Waals surface area contributed by atoms with E-state index >= 15 is 0 Å². The Morgan fingerprint density at radius 1 is 1.17 bits per heavy atom. The van der Waals surface area contributed by atoms with E-state index in [0.29, 0.717) is 41.2 Å². The van der Waals surface area contributed by atoms with Crippen LogP contribution in [0.4, 0.5) is 5.69 Å². The molecule has 0 fully saturated rings. The predicted molar refractivity (Wildman–Crippen MR) is 107 cm³/mol. The van der Waals surface area contributed by atoms with Gasteiger partial charge in [-0.1, -0.05) is 18.1 Å². The number of methoxy groups -OCH3 is 1. The summed E-state index contributed by atoms with van der Waals surface area (Å²) in [5.41, 5.74) is 1.65. The Kier molecular flexibility index (Phi) is 6.78. The number of rotatable bonds is 9. The molecule has 2 aromatic heterocycles. The minimum Gasteiger partial charge on any atom is -0.493 e. The highest BCUT2D eigenvalue weighted by Crippen LogP contribution is 2.31. The summed E-state index contributed by atoms with van der Waals surface area (Å²) in [7, 11) is 1.59. The van der Waals surface area contributed by atoms with Crippen molar-refractivity contribution in [3.8, 4) is 17.4 Å². The summed E-state index contributed by atoms with van der Waals surface area (Å²) in [6.45, 7) is 4.02. The van der Waals surface area contributed by atoms with E-state index in [-0.39, 0.29) is 12.3 Å². The zero-order valence-corrected chi connectivity index (χ0v) is 16.8. The number of benzene rings is 1. The molecule has 8 nitrogen and oxygen atoms in total. The number of pyridine rings is 1. The Balaban J connectivity index is 1.52. The van der Waals surface area contributed by atoms with Gasteiger partial charge in [0.2, 0.25) is 17.7 Å². The second kappa shape index (κ2) is 9.68. The first-order chi connectivity index (χ1) is 14.1. The van der Waals surface area contributed by atoms with Gasteiger partial charge in [-0.05, 0) is 37.1 Å². The van der Waals surface area contributed by atoms with E-state index < -0.39 is 0 Å². The molecule has 29 heavy (non-hydrogen) atoms. The molecule has 152 valence electrons. The fraction of sp³-hybridized carbons (Fsp3) is 0.333. The molecule has 0 spiro atoms. The highest BCUT2D eigenvalue weighted by Gasteiger charge is 2.10. The molecule has 0 atom stereocenters. The van der Waals surface area contributed by atoms with Crippen molar-refractivity contribution in [3.05, 3.63) is 53.8 Å². The van der Waals surface area contributed by atoms with E-state index in [1.54, 1.807) is 25.4 Å². The van der Waals surface area contributed by atoms with Crippen LogP contribution in [0.2, 0.25) is 0 Å². The van der Waals surface area contributed by atoms with Gasteiger partial charge < -0.3 is 19.3 Å². The molecule has 0 unspecified atom stereocenters. The third kappa shape index (κ3) is 5.78. The summed E-state index contributed by atoms with van der Waals surface area (Å²) in [6, 6.07) is 9.06. The largest absolute Gasteiger partial charge is 0.493 e. The summed E-state index contributed by atoms with van der Waals surface area (Å²) >= 11 is 0. The normalized spacial score (nSPS) is 10.6. The van der Waals surface area contributed by atoms with Gasteiger partial charge in [0.15, 0.2) is 17.3 Å². The number of carbonyl (C=O) groups excluding carboxylic acids is 1. The minimum atomic E-state index is -0.157. The number of hydrogen-bond acceptors (Lipinski definition) is 7. The number of aromatic nitrogens is 3. The van der Waals surface area contributed by atoms with E-state index in [0.717, 1.165) is 18.4 Å². The van der Waals surface area contributed by atoms with Crippen LogP contribution in [0.1, 0.15) is 37.0 Å². The molecule has 8 heteroatoms. The second-order valence-electron chi connectivity index (χ2n) is 6.54. The lowest BCUT2D eigenvalue weighted by Gasteiger charge is -2.10. The Bertz CT molecular complexity index is 954. The lowest BCUT2D eigenvalue weighted by atomic mass is 10.2. The van der Waals surface area contributed by atoms with E-state index in [4.69, 9.17) is 14.0 Å². The van der Waals surface area contributed by atoms with Crippen molar-refractivity contribution in [2.24, 2.45) is 0 Å². The van der Waals surface area contributed by atoms with Crippen LogP contribution in [-0.2, 0) is 17.6 Å². The number of hydrogen-bond donors (Lipinski definition) is 1. The molecule has 1 aromatic carbocycles. The number of anilines is 1. The number of carbonyl (C=O) groups is 1. The predicted octanol–water partition coefficient (Wildman–Crippen LogP) is 4.10. The summed E-state index contributed by atoms with van der Waals surface area (Å²) in [6.07, 6.45) is 3.89. The van der Waals surface area contributed by atoms with Crippen LogP contribution in [0.25, 0.3) is 0 Å². The zero-order valence-electron chi connectivity index (χ0n) is 16.8. The molecule has 1 N–H and O–H groups in total. The summed E-state index contributed by atoms with van der Waals surface area (Å²) in [5.74, 6) is 2.59. The average Bonchev–Trinajstić information content (AvgIpc) is 3.17. The van der Waals surface area contributed by atoms with E-state index in [1.165, 1.54) is 0 Å². The molecular formula is C21H24N4O4. The molecule has 0 saturated heterocycles. The van der Waals surface area contributed by atoms with Crippen LogP contribution in [0.15, 0.2) is 41.1 Å². The topological polar surface area (TPSA) is 99.4 Å². The van der Waals surface area contributed by atoms with Crippen LogP contribution >= 0.6 is 0 Å². The smallest absolute Gasteiger partial charge is 0.227 e. The Morgan fingerprint density at radius 3 is 2.76 bits per heavy atom.